The van der Waals surface area contributed by atoms with E-state index >= 15 is 0 Å². The summed E-state index contributed by atoms with van der Waals surface area (Å²) in [7, 11) is -2.46. The Balaban J connectivity index is 1.69. The lowest BCUT2D eigenvalue weighted by atomic mass is 10.1. The van der Waals surface area contributed by atoms with Crippen molar-refractivity contribution in [3.05, 3.63) is 116 Å². The zero-order valence-corrected chi connectivity index (χ0v) is 25.2. The molecule has 0 bridgehead atoms. The van der Waals surface area contributed by atoms with Gasteiger partial charge in [0.25, 0.3) is 15.6 Å². The maximum absolute atomic E-state index is 14.5. The second-order valence-electron chi connectivity index (χ2n) is 9.80. The number of rotatable bonds is 7. The third-order valence-electron chi connectivity index (χ3n) is 6.87. The molecule has 10 heteroatoms. The minimum absolute atomic E-state index is 0.0546. The Bertz CT molecular complexity index is 1850. The van der Waals surface area contributed by atoms with Crippen LogP contribution in [0.15, 0.2) is 91.6 Å². The van der Waals surface area contributed by atoms with Crippen LogP contribution in [0.25, 0.3) is 17.1 Å². The lowest BCUT2D eigenvalue weighted by Gasteiger charge is -2.24. The summed E-state index contributed by atoms with van der Waals surface area (Å²) in [6, 6.07) is 20.3. The zero-order chi connectivity index (χ0) is 28.8. The molecule has 0 N–H and O–H groups in total. The lowest BCUT2D eigenvalue weighted by molar-refractivity contribution is 0.572. The van der Waals surface area contributed by atoms with E-state index in [-0.39, 0.29) is 17.1 Å². The molecule has 0 atom stereocenters. The van der Waals surface area contributed by atoms with Crippen molar-refractivity contribution in [2.24, 2.45) is 7.05 Å². The fraction of sp³-hybridized carbons (Fsp3) is 0.200. The third-order valence-corrected chi connectivity index (χ3v) is 9.45. The predicted molar refractivity (Wildman–Crippen MR) is 159 cm³/mol. The van der Waals surface area contributed by atoms with E-state index < -0.39 is 15.6 Å². The molecule has 40 heavy (non-hydrogen) atoms. The van der Waals surface area contributed by atoms with Crippen molar-refractivity contribution in [2.75, 3.05) is 4.31 Å². The number of hydrogen-bond donors (Lipinski definition) is 0. The number of para-hydroxylation sites is 1. The van der Waals surface area contributed by atoms with Gasteiger partial charge >= 0.3 is 0 Å². The summed E-state index contributed by atoms with van der Waals surface area (Å²) < 4.78 is 39.9. The van der Waals surface area contributed by atoms with Crippen molar-refractivity contribution in [3.8, 4) is 17.1 Å². The van der Waals surface area contributed by atoms with Crippen molar-refractivity contribution in [3.63, 3.8) is 0 Å². The number of oxazole rings is 1. The Kier molecular flexibility index (Phi) is 7.32. The van der Waals surface area contributed by atoms with Gasteiger partial charge in [0.05, 0.1) is 22.8 Å². The van der Waals surface area contributed by atoms with E-state index in [1.165, 1.54) is 10.9 Å². The fourth-order valence-electron chi connectivity index (χ4n) is 5.06. The molecule has 0 aliphatic rings. The number of benzene rings is 3. The first-order chi connectivity index (χ1) is 19.0. The summed E-state index contributed by atoms with van der Waals surface area (Å²) >= 11 is 3.42. The van der Waals surface area contributed by atoms with Crippen LogP contribution in [0, 0.1) is 27.7 Å². The third kappa shape index (κ3) is 4.93. The second-order valence-corrected chi connectivity index (χ2v) is 12.5. The van der Waals surface area contributed by atoms with Crippen molar-refractivity contribution >= 4 is 31.6 Å². The van der Waals surface area contributed by atoms with Gasteiger partial charge in [-0.15, -0.1) is 0 Å². The van der Waals surface area contributed by atoms with Crippen LogP contribution in [0.1, 0.15) is 28.1 Å². The Morgan fingerprint density at radius 3 is 2.20 bits per heavy atom. The molecule has 0 unspecified atom stereocenters. The van der Waals surface area contributed by atoms with Crippen LogP contribution >= 0.6 is 15.9 Å². The van der Waals surface area contributed by atoms with Crippen LogP contribution in [0.4, 0.5) is 5.69 Å². The SMILES string of the molecule is Cc1cc(C)c(S(=O)(=O)N(Cc2coc(-c3ccc(Br)cc3)n2)c2c(C)n(C)n(-c3ccccc3)c2=O)c(C)c1. The summed E-state index contributed by atoms with van der Waals surface area (Å²) in [4.78, 5) is 18.7. The highest BCUT2D eigenvalue weighted by atomic mass is 79.9. The van der Waals surface area contributed by atoms with E-state index in [1.807, 2.05) is 61.5 Å². The molecule has 0 radical (unpaired) electrons. The van der Waals surface area contributed by atoms with Crippen molar-refractivity contribution < 1.29 is 12.8 Å². The fourth-order valence-corrected chi connectivity index (χ4v) is 7.23. The quantitative estimate of drug-likeness (QED) is 0.215. The molecule has 5 rings (SSSR count). The molecule has 2 heterocycles. The molecule has 0 saturated carbocycles. The molecule has 0 amide bonds. The van der Waals surface area contributed by atoms with Crippen LogP contribution < -0.4 is 9.86 Å². The Morgan fingerprint density at radius 1 is 0.950 bits per heavy atom. The van der Waals surface area contributed by atoms with E-state index in [2.05, 4.69) is 20.9 Å². The Labute approximate surface area is 241 Å². The molecule has 0 spiro atoms. The highest BCUT2D eigenvalue weighted by Crippen LogP contribution is 2.32. The predicted octanol–water partition coefficient (Wildman–Crippen LogP) is 6.22. The summed E-state index contributed by atoms with van der Waals surface area (Å²) in [5, 5.41) is 0. The van der Waals surface area contributed by atoms with Gasteiger partial charge in [-0.2, -0.15) is 0 Å². The van der Waals surface area contributed by atoms with E-state index in [9.17, 15) is 13.2 Å². The summed E-state index contributed by atoms with van der Waals surface area (Å²) in [6.45, 7) is 7.01. The molecule has 5 aromatic rings. The summed E-state index contributed by atoms with van der Waals surface area (Å²) in [6.07, 6.45) is 1.43. The average Bonchev–Trinajstić information content (AvgIpc) is 3.45. The van der Waals surface area contributed by atoms with Gasteiger partial charge in [0.15, 0.2) is 0 Å². The largest absolute Gasteiger partial charge is 0.444 e. The normalized spacial score (nSPS) is 11.7. The van der Waals surface area contributed by atoms with E-state index in [4.69, 9.17) is 4.42 Å². The highest BCUT2D eigenvalue weighted by Gasteiger charge is 2.34. The molecule has 0 fully saturated rings. The molecular weight excluding hydrogens is 592 g/mol. The van der Waals surface area contributed by atoms with Gasteiger partial charge in [-0.05, 0) is 75.2 Å². The van der Waals surface area contributed by atoms with E-state index in [0.717, 1.165) is 19.9 Å². The minimum Gasteiger partial charge on any atom is -0.444 e. The molecule has 0 aliphatic carbocycles. The van der Waals surface area contributed by atoms with Crippen molar-refractivity contribution in [2.45, 2.75) is 39.1 Å². The molecule has 0 saturated heterocycles. The number of anilines is 1. The first-order valence-corrected chi connectivity index (χ1v) is 14.9. The number of aromatic nitrogens is 3. The van der Waals surface area contributed by atoms with Crippen molar-refractivity contribution in [1.29, 1.82) is 0 Å². The maximum Gasteiger partial charge on any atom is 0.296 e. The second kappa shape index (κ2) is 10.6. The summed E-state index contributed by atoms with van der Waals surface area (Å²) in [5.41, 5.74) is 4.02. The molecular formula is C30H29BrN4O4S. The molecule has 3 aromatic carbocycles. The smallest absolute Gasteiger partial charge is 0.296 e. The van der Waals surface area contributed by atoms with Crippen LogP contribution in [-0.2, 0) is 23.6 Å². The average molecular weight is 622 g/mol. The van der Waals surface area contributed by atoms with Crippen LogP contribution in [0.2, 0.25) is 0 Å². The van der Waals surface area contributed by atoms with E-state index in [1.54, 1.807) is 44.6 Å². The Hall–Kier alpha value is -3.89. The van der Waals surface area contributed by atoms with E-state index in [0.29, 0.717) is 34.1 Å². The number of sulfonamides is 1. The van der Waals surface area contributed by atoms with Gasteiger partial charge < -0.3 is 4.42 Å². The van der Waals surface area contributed by atoms with Gasteiger partial charge in [0.2, 0.25) is 5.89 Å². The number of aryl methyl sites for hydroxylation is 3. The van der Waals surface area contributed by atoms with Crippen LogP contribution in [0.3, 0.4) is 0 Å². The van der Waals surface area contributed by atoms with Gasteiger partial charge in [0.1, 0.15) is 17.6 Å². The first-order valence-electron chi connectivity index (χ1n) is 12.6. The number of halogens is 1. The number of nitrogens with zero attached hydrogens (tertiary/aromatic N) is 4. The first kappa shape index (κ1) is 27.7. The molecule has 8 nitrogen and oxygen atoms in total. The maximum atomic E-state index is 14.5. The lowest BCUT2D eigenvalue weighted by Crippen LogP contribution is -2.35. The number of hydrogen-bond acceptors (Lipinski definition) is 5. The monoisotopic (exact) mass is 620 g/mol. The highest BCUT2D eigenvalue weighted by molar-refractivity contribution is 9.10. The minimum atomic E-state index is -4.20. The van der Waals surface area contributed by atoms with Gasteiger partial charge in [-0.25, -0.2) is 18.1 Å². The molecule has 206 valence electrons. The van der Waals surface area contributed by atoms with Gasteiger partial charge in [0, 0.05) is 17.1 Å². The molecule has 2 aromatic heterocycles. The standard InChI is InChI=1S/C30H29BrN4O4S/c1-19-15-20(2)28(21(3)16-19)40(37,38)34(17-25-18-39-29(32-25)23-11-13-24(31)14-12-23)27-22(4)33(5)35(30(27)36)26-9-7-6-8-10-26/h6-16,18H,17H2,1-5H3. The Morgan fingerprint density at radius 2 is 1.57 bits per heavy atom. The van der Waals surface area contributed by atoms with Gasteiger partial charge in [-0.3, -0.25) is 13.8 Å². The van der Waals surface area contributed by atoms with Gasteiger partial charge in [-0.1, -0.05) is 51.8 Å². The van der Waals surface area contributed by atoms with Crippen LogP contribution in [-0.4, -0.2) is 22.8 Å². The molecule has 0 aliphatic heterocycles. The summed E-state index contributed by atoms with van der Waals surface area (Å²) in [5.74, 6) is 0.356. The topological polar surface area (TPSA) is 90.3 Å². The zero-order valence-electron chi connectivity index (χ0n) is 22.8. The van der Waals surface area contributed by atoms with Crippen molar-refractivity contribution in [1.82, 2.24) is 14.3 Å². The van der Waals surface area contributed by atoms with Crippen LogP contribution in [0.5, 0.6) is 0 Å².